The molecule has 1 aromatic heterocycles. The molecule has 0 saturated carbocycles. The Labute approximate surface area is 81.3 Å². The first-order valence-electron chi connectivity index (χ1n) is 3.34. The molecule has 5 heteroatoms. The molecule has 0 aliphatic rings. The molecule has 0 aliphatic heterocycles. The minimum absolute atomic E-state index is 0.510. The van der Waals surface area contributed by atoms with Gasteiger partial charge in [-0.25, -0.2) is 9.99 Å². The molecule has 3 nitrogen and oxygen atoms in total. The van der Waals surface area contributed by atoms with Gasteiger partial charge in [0.1, 0.15) is 0 Å². The Morgan fingerprint density at radius 3 is 2.58 bits per heavy atom. The van der Waals surface area contributed by atoms with Crippen molar-refractivity contribution in [1.82, 2.24) is 9.99 Å². The third-order valence-electron chi connectivity index (χ3n) is 1.14. The summed E-state index contributed by atoms with van der Waals surface area (Å²) in [6, 6.07) is 1.64. The van der Waals surface area contributed by atoms with Crippen LogP contribution >= 0.6 is 23.2 Å². The fourth-order valence-corrected chi connectivity index (χ4v) is 1.13. The van der Waals surface area contributed by atoms with Crippen molar-refractivity contribution in [3.63, 3.8) is 0 Å². The van der Waals surface area contributed by atoms with Crippen molar-refractivity contribution in [2.75, 3.05) is 19.5 Å². The number of nitrogens with one attached hydrogen (secondary N) is 1. The molecule has 0 amide bonds. The van der Waals surface area contributed by atoms with E-state index < -0.39 is 0 Å². The number of pyridine rings is 1. The third kappa shape index (κ3) is 2.52. The standard InChI is InChI=1S/C7H9Cl2N3/c1-12(2)11-7-6(9)3-5(8)4-10-7/h3-4H,1-2H3,(H,10,11). The second-order valence-corrected chi connectivity index (χ2v) is 3.33. The monoisotopic (exact) mass is 205 g/mol. The van der Waals surface area contributed by atoms with Crippen LogP contribution in [0.5, 0.6) is 0 Å². The summed E-state index contributed by atoms with van der Waals surface area (Å²) in [5.41, 5.74) is 2.93. The van der Waals surface area contributed by atoms with Crippen molar-refractivity contribution in [3.8, 4) is 0 Å². The maximum atomic E-state index is 5.84. The van der Waals surface area contributed by atoms with Gasteiger partial charge in [-0.3, -0.25) is 0 Å². The predicted molar refractivity (Wildman–Crippen MR) is 51.6 cm³/mol. The summed E-state index contributed by atoms with van der Waals surface area (Å²) in [4.78, 5) is 4.00. The third-order valence-corrected chi connectivity index (χ3v) is 1.63. The summed E-state index contributed by atoms with van der Waals surface area (Å²) in [7, 11) is 3.71. The predicted octanol–water partition coefficient (Wildman–Crippen LogP) is 2.28. The van der Waals surface area contributed by atoms with Gasteiger partial charge < -0.3 is 5.43 Å². The van der Waals surface area contributed by atoms with Crippen molar-refractivity contribution in [1.29, 1.82) is 0 Å². The lowest BCUT2D eigenvalue weighted by Gasteiger charge is -2.13. The van der Waals surface area contributed by atoms with Crippen LogP contribution in [0.2, 0.25) is 10.0 Å². The Hall–Kier alpha value is -0.510. The number of aromatic nitrogens is 1. The highest BCUT2D eigenvalue weighted by atomic mass is 35.5. The molecule has 0 unspecified atom stereocenters. The second-order valence-electron chi connectivity index (χ2n) is 2.49. The van der Waals surface area contributed by atoms with E-state index in [0.717, 1.165) is 0 Å². The molecule has 66 valence electrons. The Kier molecular flexibility index (Phi) is 3.14. The van der Waals surface area contributed by atoms with E-state index in [-0.39, 0.29) is 0 Å². The summed E-state index contributed by atoms with van der Waals surface area (Å²) >= 11 is 11.5. The van der Waals surface area contributed by atoms with E-state index in [1.807, 2.05) is 14.1 Å². The highest BCUT2D eigenvalue weighted by Gasteiger charge is 2.01. The van der Waals surface area contributed by atoms with Gasteiger partial charge in [-0.2, -0.15) is 0 Å². The molecule has 1 heterocycles. The number of rotatable bonds is 2. The van der Waals surface area contributed by atoms with Crippen LogP contribution in [0.25, 0.3) is 0 Å². The Bertz CT molecular complexity index is 275. The Morgan fingerprint density at radius 2 is 2.08 bits per heavy atom. The van der Waals surface area contributed by atoms with Gasteiger partial charge in [0.15, 0.2) is 5.82 Å². The van der Waals surface area contributed by atoms with Crippen LogP contribution in [0.3, 0.4) is 0 Å². The van der Waals surface area contributed by atoms with Crippen LogP contribution in [-0.2, 0) is 0 Å². The summed E-state index contributed by atoms with van der Waals surface area (Å²) in [5, 5.41) is 2.79. The zero-order valence-electron chi connectivity index (χ0n) is 6.81. The quantitative estimate of drug-likeness (QED) is 0.752. The number of halogens is 2. The van der Waals surface area contributed by atoms with Crippen molar-refractivity contribution in [2.24, 2.45) is 0 Å². The molecule has 0 aliphatic carbocycles. The number of hydrazine groups is 1. The van der Waals surface area contributed by atoms with Crippen molar-refractivity contribution in [3.05, 3.63) is 22.3 Å². The molecule has 0 radical (unpaired) electrons. The fourth-order valence-electron chi connectivity index (χ4n) is 0.709. The lowest BCUT2D eigenvalue weighted by Crippen LogP contribution is -2.20. The summed E-state index contributed by atoms with van der Waals surface area (Å²) in [6.45, 7) is 0. The maximum Gasteiger partial charge on any atom is 0.159 e. The van der Waals surface area contributed by atoms with Crippen LogP contribution < -0.4 is 5.43 Å². The SMILES string of the molecule is CN(C)Nc1ncc(Cl)cc1Cl. The van der Waals surface area contributed by atoms with Crippen LogP contribution in [0, 0.1) is 0 Å². The Balaban J connectivity index is 2.86. The number of anilines is 1. The highest BCUT2D eigenvalue weighted by Crippen LogP contribution is 2.22. The molecule has 12 heavy (non-hydrogen) atoms. The summed E-state index contributed by atoms with van der Waals surface area (Å²) < 4.78 is 0. The maximum absolute atomic E-state index is 5.84. The molecule has 1 N–H and O–H groups in total. The van der Waals surface area contributed by atoms with Gasteiger partial charge in [0.2, 0.25) is 0 Å². The van der Waals surface area contributed by atoms with E-state index in [1.165, 1.54) is 0 Å². The Morgan fingerprint density at radius 1 is 1.42 bits per heavy atom. The molecule has 0 aromatic carbocycles. The molecule has 1 rings (SSSR count). The average molecular weight is 206 g/mol. The molecule has 0 spiro atoms. The molecule has 0 bridgehead atoms. The van der Waals surface area contributed by atoms with Gasteiger partial charge in [-0.05, 0) is 6.07 Å². The molecule has 0 saturated heterocycles. The lowest BCUT2D eigenvalue weighted by molar-refractivity contribution is 0.492. The topological polar surface area (TPSA) is 28.2 Å². The van der Waals surface area contributed by atoms with E-state index in [1.54, 1.807) is 17.3 Å². The van der Waals surface area contributed by atoms with E-state index in [0.29, 0.717) is 15.9 Å². The lowest BCUT2D eigenvalue weighted by atomic mass is 10.5. The molecular weight excluding hydrogens is 197 g/mol. The first-order chi connectivity index (χ1) is 5.59. The zero-order valence-corrected chi connectivity index (χ0v) is 8.32. The van der Waals surface area contributed by atoms with E-state index >= 15 is 0 Å². The minimum Gasteiger partial charge on any atom is -0.302 e. The number of nitrogens with zero attached hydrogens (tertiary/aromatic N) is 2. The molecule has 0 fully saturated rings. The average Bonchev–Trinajstić information content (AvgIpc) is 1.94. The number of hydrogen-bond acceptors (Lipinski definition) is 3. The van der Waals surface area contributed by atoms with Crippen molar-refractivity contribution in [2.45, 2.75) is 0 Å². The van der Waals surface area contributed by atoms with Crippen LogP contribution in [0.1, 0.15) is 0 Å². The van der Waals surface area contributed by atoms with Gasteiger partial charge in [0.05, 0.1) is 10.0 Å². The van der Waals surface area contributed by atoms with Gasteiger partial charge >= 0.3 is 0 Å². The molecule has 1 aromatic rings. The minimum atomic E-state index is 0.510. The van der Waals surface area contributed by atoms with Gasteiger partial charge in [0.25, 0.3) is 0 Å². The second kappa shape index (κ2) is 3.94. The van der Waals surface area contributed by atoms with E-state index in [9.17, 15) is 0 Å². The van der Waals surface area contributed by atoms with Crippen LogP contribution in [-0.4, -0.2) is 24.1 Å². The van der Waals surface area contributed by atoms with Crippen molar-refractivity contribution < 1.29 is 0 Å². The van der Waals surface area contributed by atoms with Crippen molar-refractivity contribution >= 4 is 29.0 Å². The molecule has 0 atom stereocenters. The fraction of sp³-hybridized carbons (Fsp3) is 0.286. The van der Waals surface area contributed by atoms with Crippen LogP contribution in [0.15, 0.2) is 12.3 Å². The van der Waals surface area contributed by atoms with E-state index in [2.05, 4.69) is 10.4 Å². The normalized spacial score (nSPS) is 10.4. The van der Waals surface area contributed by atoms with E-state index in [4.69, 9.17) is 23.2 Å². The van der Waals surface area contributed by atoms with Gasteiger partial charge in [-0.1, -0.05) is 23.2 Å². The van der Waals surface area contributed by atoms with Crippen LogP contribution in [0.4, 0.5) is 5.82 Å². The highest BCUT2D eigenvalue weighted by molar-refractivity contribution is 6.35. The van der Waals surface area contributed by atoms with Gasteiger partial charge in [-0.15, -0.1) is 0 Å². The molecular formula is C7H9Cl2N3. The summed E-state index contributed by atoms with van der Waals surface area (Å²) in [5.74, 6) is 0.603. The van der Waals surface area contributed by atoms with Gasteiger partial charge in [0, 0.05) is 20.3 Å². The smallest absolute Gasteiger partial charge is 0.159 e. The zero-order chi connectivity index (χ0) is 9.14. The first-order valence-corrected chi connectivity index (χ1v) is 4.10. The largest absolute Gasteiger partial charge is 0.302 e. The first kappa shape index (κ1) is 9.58. The summed E-state index contributed by atoms with van der Waals surface area (Å²) in [6.07, 6.45) is 1.54. The number of hydrogen-bond donors (Lipinski definition) is 1.